The summed E-state index contributed by atoms with van der Waals surface area (Å²) < 4.78 is 32.4. The molecule has 1 aliphatic heterocycles. The topological polar surface area (TPSA) is 48.1 Å². The van der Waals surface area contributed by atoms with Gasteiger partial charge in [0.25, 0.3) is 0 Å². The zero-order valence-electron chi connectivity index (χ0n) is 9.32. The summed E-state index contributed by atoms with van der Waals surface area (Å²) in [4.78, 5) is 3.86. The van der Waals surface area contributed by atoms with E-state index in [2.05, 4.69) is 4.98 Å². The minimum absolute atomic E-state index is 0.101. The lowest BCUT2D eigenvalue weighted by Gasteiger charge is -2.26. The Kier molecular flexibility index (Phi) is 2.76. The summed E-state index contributed by atoms with van der Waals surface area (Å²) in [6, 6.07) is 4.62. The Bertz CT molecular complexity index is 596. The standard InChI is InChI=1S/C12H10F2N2OS/c13-9-3-6(10-11(14)18-12(15)16-10)1-2-8(9)7-4-17-5-7/h1-3,7H,4-5H2,(H2,15,16). The summed E-state index contributed by atoms with van der Waals surface area (Å²) in [6.07, 6.45) is 0. The fourth-order valence-corrected chi connectivity index (χ4v) is 2.50. The van der Waals surface area contributed by atoms with Crippen LogP contribution in [0.1, 0.15) is 11.5 Å². The van der Waals surface area contributed by atoms with Crippen molar-refractivity contribution < 1.29 is 13.5 Å². The van der Waals surface area contributed by atoms with E-state index in [9.17, 15) is 8.78 Å². The third-order valence-corrected chi connectivity index (χ3v) is 3.63. The van der Waals surface area contributed by atoms with Gasteiger partial charge in [-0.05, 0) is 11.6 Å². The highest BCUT2D eigenvalue weighted by molar-refractivity contribution is 7.14. The van der Waals surface area contributed by atoms with Gasteiger partial charge in [-0.2, -0.15) is 4.39 Å². The SMILES string of the molecule is Nc1nc(-c2ccc(C3COC3)c(F)c2)c(F)s1. The number of hydrogen-bond donors (Lipinski definition) is 1. The van der Waals surface area contributed by atoms with Crippen molar-refractivity contribution >= 4 is 16.5 Å². The minimum Gasteiger partial charge on any atom is -0.380 e. The van der Waals surface area contributed by atoms with Gasteiger partial charge < -0.3 is 10.5 Å². The summed E-state index contributed by atoms with van der Waals surface area (Å²) >= 11 is 0.754. The molecule has 0 saturated carbocycles. The lowest BCUT2D eigenvalue weighted by atomic mass is 9.95. The summed E-state index contributed by atoms with van der Waals surface area (Å²) in [7, 11) is 0. The van der Waals surface area contributed by atoms with E-state index in [-0.39, 0.29) is 22.6 Å². The van der Waals surface area contributed by atoms with E-state index < -0.39 is 5.13 Å². The van der Waals surface area contributed by atoms with E-state index in [1.807, 2.05) is 0 Å². The Labute approximate surface area is 106 Å². The van der Waals surface area contributed by atoms with Crippen molar-refractivity contribution in [2.45, 2.75) is 5.92 Å². The quantitative estimate of drug-likeness (QED) is 0.911. The van der Waals surface area contributed by atoms with Crippen molar-refractivity contribution in [3.8, 4) is 11.3 Å². The molecular formula is C12H10F2N2OS. The number of aromatic nitrogens is 1. The molecule has 0 spiro atoms. The van der Waals surface area contributed by atoms with E-state index >= 15 is 0 Å². The first-order chi connectivity index (χ1) is 8.65. The van der Waals surface area contributed by atoms with E-state index in [1.165, 1.54) is 6.07 Å². The van der Waals surface area contributed by atoms with Gasteiger partial charge in [0, 0.05) is 11.5 Å². The van der Waals surface area contributed by atoms with Crippen molar-refractivity contribution in [3.05, 3.63) is 34.7 Å². The first-order valence-electron chi connectivity index (χ1n) is 5.44. The molecule has 3 rings (SSSR count). The van der Waals surface area contributed by atoms with Crippen molar-refractivity contribution in [1.82, 2.24) is 4.98 Å². The van der Waals surface area contributed by atoms with E-state index in [0.717, 1.165) is 11.3 Å². The summed E-state index contributed by atoms with van der Waals surface area (Å²) in [5.41, 5.74) is 6.53. The van der Waals surface area contributed by atoms with Crippen molar-refractivity contribution in [2.24, 2.45) is 0 Å². The van der Waals surface area contributed by atoms with Gasteiger partial charge in [-0.25, -0.2) is 9.37 Å². The first-order valence-corrected chi connectivity index (χ1v) is 6.26. The predicted molar refractivity (Wildman–Crippen MR) is 65.4 cm³/mol. The van der Waals surface area contributed by atoms with Gasteiger partial charge in [0.05, 0.1) is 13.2 Å². The largest absolute Gasteiger partial charge is 0.380 e. The second-order valence-corrected chi connectivity index (χ2v) is 5.13. The molecule has 0 amide bonds. The molecular weight excluding hydrogens is 258 g/mol. The molecule has 2 aromatic rings. The highest BCUT2D eigenvalue weighted by Crippen LogP contribution is 2.32. The summed E-state index contributed by atoms with van der Waals surface area (Å²) in [5, 5.41) is -0.356. The Balaban J connectivity index is 1.99. The molecule has 1 aliphatic rings. The molecule has 0 bridgehead atoms. The van der Waals surface area contributed by atoms with Crippen LogP contribution >= 0.6 is 11.3 Å². The van der Waals surface area contributed by atoms with Gasteiger partial charge in [-0.3, -0.25) is 0 Å². The number of thiazole rings is 1. The number of anilines is 1. The number of nitrogens with zero attached hydrogens (tertiary/aromatic N) is 1. The molecule has 3 nitrogen and oxygen atoms in total. The summed E-state index contributed by atoms with van der Waals surface area (Å²) in [5.74, 6) is -0.254. The van der Waals surface area contributed by atoms with Crippen LogP contribution < -0.4 is 5.73 Å². The molecule has 1 aromatic heterocycles. The second kappa shape index (κ2) is 4.29. The maximum absolute atomic E-state index is 13.9. The van der Waals surface area contributed by atoms with Crippen molar-refractivity contribution in [1.29, 1.82) is 0 Å². The van der Waals surface area contributed by atoms with Crippen LogP contribution in [0.15, 0.2) is 18.2 Å². The van der Waals surface area contributed by atoms with Crippen LogP contribution in [0.3, 0.4) is 0 Å². The van der Waals surface area contributed by atoms with Gasteiger partial charge in [-0.1, -0.05) is 23.5 Å². The van der Waals surface area contributed by atoms with E-state index in [4.69, 9.17) is 10.5 Å². The molecule has 1 saturated heterocycles. The van der Waals surface area contributed by atoms with Crippen LogP contribution in [0, 0.1) is 10.9 Å². The molecule has 18 heavy (non-hydrogen) atoms. The molecule has 2 heterocycles. The van der Waals surface area contributed by atoms with Crippen LogP contribution in [-0.2, 0) is 4.74 Å². The van der Waals surface area contributed by atoms with Gasteiger partial charge in [0.1, 0.15) is 11.5 Å². The van der Waals surface area contributed by atoms with Gasteiger partial charge in [-0.15, -0.1) is 0 Å². The highest BCUT2D eigenvalue weighted by Gasteiger charge is 2.24. The Hall–Kier alpha value is -1.53. The van der Waals surface area contributed by atoms with Crippen LogP contribution in [-0.4, -0.2) is 18.2 Å². The molecule has 0 atom stereocenters. The molecule has 1 fully saturated rings. The average molecular weight is 268 g/mol. The maximum Gasteiger partial charge on any atom is 0.206 e. The molecule has 94 valence electrons. The lowest BCUT2D eigenvalue weighted by molar-refractivity contribution is 0.00704. The number of halogens is 2. The fourth-order valence-electron chi connectivity index (χ4n) is 1.92. The smallest absolute Gasteiger partial charge is 0.206 e. The Morgan fingerprint density at radius 1 is 1.33 bits per heavy atom. The van der Waals surface area contributed by atoms with E-state index in [0.29, 0.717) is 24.3 Å². The fraction of sp³-hybridized carbons (Fsp3) is 0.250. The monoisotopic (exact) mass is 268 g/mol. The predicted octanol–water partition coefficient (Wildman–Crippen LogP) is 2.78. The van der Waals surface area contributed by atoms with Crippen LogP contribution in [0.25, 0.3) is 11.3 Å². The van der Waals surface area contributed by atoms with Gasteiger partial charge in [0.15, 0.2) is 5.13 Å². The third kappa shape index (κ3) is 1.87. The second-order valence-electron chi connectivity index (χ2n) is 4.15. The maximum atomic E-state index is 13.9. The number of hydrogen-bond acceptors (Lipinski definition) is 4. The summed E-state index contributed by atoms with van der Waals surface area (Å²) in [6.45, 7) is 1.07. The Morgan fingerprint density at radius 3 is 2.61 bits per heavy atom. The number of benzene rings is 1. The normalized spacial score (nSPS) is 15.7. The third-order valence-electron chi connectivity index (χ3n) is 2.95. The van der Waals surface area contributed by atoms with Crippen LogP contribution in [0.5, 0.6) is 0 Å². The highest BCUT2D eigenvalue weighted by atomic mass is 32.1. The van der Waals surface area contributed by atoms with Crippen molar-refractivity contribution in [3.63, 3.8) is 0 Å². The van der Waals surface area contributed by atoms with Crippen LogP contribution in [0.2, 0.25) is 0 Å². The zero-order valence-corrected chi connectivity index (χ0v) is 10.1. The van der Waals surface area contributed by atoms with Gasteiger partial charge in [0.2, 0.25) is 5.13 Å². The molecule has 0 unspecified atom stereocenters. The first kappa shape index (κ1) is 11.6. The van der Waals surface area contributed by atoms with E-state index in [1.54, 1.807) is 12.1 Å². The number of nitrogen functional groups attached to an aromatic ring is 1. The molecule has 0 aliphatic carbocycles. The minimum atomic E-state index is -0.494. The average Bonchev–Trinajstić information content (AvgIpc) is 2.58. The number of nitrogens with two attached hydrogens (primary N) is 1. The number of ether oxygens (including phenoxy) is 1. The van der Waals surface area contributed by atoms with Crippen molar-refractivity contribution in [2.75, 3.05) is 18.9 Å². The number of rotatable bonds is 2. The molecule has 1 aromatic carbocycles. The zero-order chi connectivity index (χ0) is 12.7. The molecule has 0 radical (unpaired) electrons. The van der Waals surface area contributed by atoms with Gasteiger partial charge >= 0.3 is 0 Å². The molecule has 6 heteroatoms. The lowest BCUT2D eigenvalue weighted by Crippen LogP contribution is -2.25. The molecule has 2 N–H and O–H groups in total. The van der Waals surface area contributed by atoms with Crippen LogP contribution in [0.4, 0.5) is 13.9 Å². The Morgan fingerprint density at radius 2 is 2.11 bits per heavy atom.